The van der Waals surface area contributed by atoms with E-state index in [2.05, 4.69) is 24.5 Å². The first-order valence-electron chi connectivity index (χ1n) is 13.2. The number of hydrogen-bond donors (Lipinski definition) is 2. The maximum atomic E-state index is 13.6. The third-order valence-electron chi connectivity index (χ3n) is 7.88. The normalized spacial score (nSPS) is 23.4. The lowest BCUT2D eigenvalue weighted by atomic mass is 9.72. The van der Waals surface area contributed by atoms with Crippen LogP contribution in [0.3, 0.4) is 0 Å². The minimum Gasteiger partial charge on any atom is -0.478 e. The molecule has 3 aliphatic heterocycles. The second-order valence-electron chi connectivity index (χ2n) is 10.7. The van der Waals surface area contributed by atoms with Crippen LogP contribution in [0.1, 0.15) is 43.0 Å². The quantitative estimate of drug-likeness (QED) is 0.469. The van der Waals surface area contributed by atoms with Gasteiger partial charge in [-0.1, -0.05) is 0 Å². The summed E-state index contributed by atoms with van der Waals surface area (Å²) in [5.74, 6) is -0.917. The van der Waals surface area contributed by atoms with Crippen molar-refractivity contribution in [2.75, 3.05) is 50.0 Å². The number of ether oxygens (including phenoxy) is 2. The molecule has 39 heavy (non-hydrogen) atoms. The van der Waals surface area contributed by atoms with Gasteiger partial charge in [-0.15, -0.1) is 0 Å². The molecule has 5 rings (SSSR count). The summed E-state index contributed by atoms with van der Waals surface area (Å²) in [5.41, 5.74) is -0.0883. The summed E-state index contributed by atoms with van der Waals surface area (Å²) in [4.78, 5) is 24.5. The fraction of sp³-hybridized carbons (Fsp3) is 0.577. The summed E-state index contributed by atoms with van der Waals surface area (Å²) < 4.78 is 51.7. The Morgan fingerprint density at radius 3 is 2.69 bits per heavy atom. The van der Waals surface area contributed by atoms with E-state index in [0.717, 1.165) is 70.5 Å². The minimum absolute atomic E-state index is 0.0301. The molecule has 3 fully saturated rings. The number of rotatable bonds is 9. The van der Waals surface area contributed by atoms with Crippen LogP contribution in [-0.2, 0) is 14.8 Å². The predicted octanol–water partition coefficient (Wildman–Crippen LogP) is 2.50. The van der Waals surface area contributed by atoms with Crippen molar-refractivity contribution < 1.29 is 32.2 Å². The van der Waals surface area contributed by atoms with Gasteiger partial charge >= 0.3 is 5.97 Å². The van der Waals surface area contributed by atoms with E-state index in [9.17, 15) is 22.7 Å². The highest BCUT2D eigenvalue weighted by atomic mass is 32.2. The number of nitrogens with one attached hydrogen (secondary N) is 1. The minimum atomic E-state index is -3.22. The van der Waals surface area contributed by atoms with Crippen LogP contribution in [0, 0.1) is 11.2 Å². The van der Waals surface area contributed by atoms with Gasteiger partial charge in [0, 0.05) is 31.1 Å². The molecule has 3 aliphatic rings. The molecule has 1 spiro atoms. The number of benzene rings is 1. The van der Waals surface area contributed by atoms with Crippen molar-refractivity contribution >= 4 is 21.8 Å². The molecular formula is C26H34FN5O6S. The average molecular weight is 564 g/mol. The number of hydrogen-bond acceptors (Lipinski definition) is 9. The Bertz CT molecular complexity index is 1290. The summed E-state index contributed by atoms with van der Waals surface area (Å²) in [6.07, 6.45) is 6.73. The van der Waals surface area contributed by atoms with Gasteiger partial charge in [-0.05, 0) is 63.9 Å². The summed E-state index contributed by atoms with van der Waals surface area (Å²) in [6.45, 7) is 6.43. The van der Waals surface area contributed by atoms with Crippen LogP contribution in [-0.4, -0.2) is 91.6 Å². The van der Waals surface area contributed by atoms with Gasteiger partial charge in [-0.2, -0.15) is 0 Å². The molecule has 11 nitrogen and oxygen atoms in total. The first kappa shape index (κ1) is 27.7. The molecule has 0 radical (unpaired) electrons. The van der Waals surface area contributed by atoms with Crippen molar-refractivity contribution in [1.82, 2.24) is 19.6 Å². The maximum Gasteiger partial charge on any atom is 0.339 e. The van der Waals surface area contributed by atoms with Gasteiger partial charge < -0.3 is 24.4 Å². The van der Waals surface area contributed by atoms with Crippen molar-refractivity contribution in [3.05, 3.63) is 42.1 Å². The fourth-order valence-corrected chi connectivity index (χ4v) is 6.46. The molecule has 0 aliphatic carbocycles. The molecule has 0 unspecified atom stereocenters. The predicted molar refractivity (Wildman–Crippen MR) is 141 cm³/mol. The molecule has 4 heterocycles. The van der Waals surface area contributed by atoms with Crippen molar-refractivity contribution in [3.63, 3.8) is 0 Å². The largest absolute Gasteiger partial charge is 0.478 e. The van der Waals surface area contributed by atoms with E-state index in [1.165, 1.54) is 18.6 Å². The number of aromatic nitrogens is 2. The third-order valence-corrected chi connectivity index (χ3v) is 9.33. The monoisotopic (exact) mass is 563 g/mol. The first-order chi connectivity index (χ1) is 18.7. The van der Waals surface area contributed by atoms with Gasteiger partial charge in [0.2, 0.25) is 10.0 Å². The summed E-state index contributed by atoms with van der Waals surface area (Å²) in [5, 5.41) is 9.43. The Morgan fingerprint density at radius 2 is 2.03 bits per heavy atom. The maximum absolute atomic E-state index is 13.6. The lowest BCUT2D eigenvalue weighted by Gasteiger charge is -2.54. The molecule has 212 valence electrons. The molecular weight excluding hydrogens is 529 g/mol. The highest BCUT2D eigenvalue weighted by molar-refractivity contribution is 7.89. The number of carbonyl (C=O) groups is 1. The Balaban J connectivity index is 1.12. The van der Waals surface area contributed by atoms with Crippen molar-refractivity contribution in [1.29, 1.82) is 0 Å². The zero-order valence-corrected chi connectivity index (χ0v) is 22.7. The van der Waals surface area contributed by atoms with Crippen molar-refractivity contribution in [2.45, 2.75) is 44.8 Å². The van der Waals surface area contributed by atoms with Crippen molar-refractivity contribution in [2.24, 2.45) is 5.41 Å². The van der Waals surface area contributed by atoms with E-state index in [1.807, 2.05) is 0 Å². The highest BCUT2D eigenvalue weighted by Gasteiger charge is 2.46. The molecule has 2 aromatic rings. The van der Waals surface area contributed by atoms with Crippen LogP contribution in [0.5, 0.6) is 11.5 Å². The smallest absolute Gasteiger partial charge is 0.339 e. The number of piperidine rings is 1. The molecule has 3 saturated heterocycles. The summed E-state index contributed by atoms with van der Waals surface area (Å²) in [7, 11) is -3.22. The van der Waals surface area contributed by atoms with Gasteiger partial charge in [0.25, 0.3) is 0 Å². The van der Waals surface area contributed by atoms with Gasteiger partial charge in [-0.25, -0.2) is 32.3 Å². The van der Waals surface area contributed by atoms with Gasteiger partial charge in [0.05, 0.1) is 24.7 Å². The SMILES string of the molecule is CCS(=O)(=O)N[C@@H]1CC[C@@H](CN2CCC3(CC2)CN(c2ncncc2Oc2ccc(F)cc2C(=O)O)C3)OC1. The van der Waals surface area contributed by atoms with Crippen LogP contribution in [0.2, 0.25) is 0 Å². The van der Waals surface area contributed by atoms with Crippen LogP contribution >= 0.6 is 0 Å². The summed E-state index contributed by atoms with van der Waals surface area (Å²) >= 11 is 0. The van der Waals surface area contributed by atoms with Gasteiger partial charge in [0.15, 0.2) is 11.6 Å². The summed E-state index contributed by atoms with van der Waals surface area (Å²) in [6, 6.07) is 3.23. The van der Waals surface area contributed by atoms with Gasteiger partial charge in [0.1, 0.15) is 23.5 Å². The van der Waals surface area contributed by atoms with E-state index < -0.39 is 21.8 Å². The standard InChI is InChI=1S/C26H34FN5O6S/c1-2-39(35,36)30-19-4-5-20(37-14-19)13-31-9-7-26(8-10-31)15-32(16-26)24-23(12-28-17-29-24)38-22-6-3-18(27)11-21(22)25(33)34/h3,6,11-12,17,19-20,30H,2,4-5,7-10,13-16H2,1H3,(H,33,34)/t19-,20+/m1/s1. The first-order valence-corrected chi connectivity index (χ1v) is 14.9. The van der Waals surface area contributed by atoms with E-state index in [1.54, 1.807) is 6.92 Å². The number of carboxylic acids is 1. The van der Waals surface area contributed by atoms with Crippen LogP contribution in [0.4, 0.5) is 10.2 Å². The third kappa shape index (κ3) is 6.48. The number of nitrogens with zero attached hydrogens (tertiary/aromatic N) is 4. The van der Waals surface area contributed by atoms with E-state index in [4.69, 9.17) is 9.47 Å². The average Bonchev–Trinajstić information content (AvgIpc) is 2.90. The zero-order chi connectivity index (χ0) is 27.6. The Hall–Kier alpha value is -2.87. The van der Waals surface area contributed by atoms with Crippen LogP contribution < -0.4 is 14.4 Å². The fourth-order valence-electron chi connectivity index (χ4n) is 5.60. The zero-order valence-electron chi connectivity index (χ0n) is 21.9. The molecule has 2 N–H and O–H groups in total. The van der Waals surface area contributed by atoms with Crippen LogP contribution in [0.15, 0.2) is 30.7 Å². The van der Waals surface area contributed by atoms with E-state index >= 15 is 0 Å². The Kier molecular flexibility index (Phi) is 8.04. The second-order valence-corrected chi connectivity index (χ2v) is 12.7. The highest BCUT2D eigenvalue weighted by Crippen LogP contribution is 2.45. The molecule has 0 amide bonds. The number of anilines is 1. The second kappa shape index (κ2) is 11.3. The Labute approximate surface area is 227 Å². The number of likely N-dealkylation sites (tertiary alicyclic amines) is 1. The molecule has 0 saturated carbocycles. The topological polar surface area (TPSA) is 134 Å². The number of aromatic carboxylic acids is 1. The number of halogens is 1. The lowest BCUT2D eigenvalue weighted by molar-refractivity contribution is -0.0299. The molecule has 1 aromatic heterocycles. The lowest BCUT2D eigenvalue weighted by Crippen LogP contribution is -2.61. The van der Waals surface area contributed by atoms with E-state index in [0.29, 0.717) is 18.2 Å². The molecule has 1 aromatic carbocycles. The van der Waals surface area contributed by atoms with E-state index in [-0.39, 0.29) is 34.6 Å². The van der Waals surface area contributed by atoms with Gasteiger partial charge in [-0.3, -0.25) is 0 Å². The number of carboxylic acid groups (broad SMARTS) is 1. The molecule has 0 bridgehead atoms. The number of sulfonamides is 1. The molecule has 2 atom stereocenters. The van der Waals surface area contributed by atoms with Crippen molar-refractivity contribution in [3.8, 4) is 11.5 Å². The Morgan fingerprint density at radius 1 is 1.26 bits per heavy atom. The molecule has 13 heteroatoms. The van der Waals surface area contributed by atoms with Crippen LogP contribution in [0.25, 0.3) is 0 Å².